The van der Waals surface area contributed by atoms with Crippen molar-refractivity contribution in [3.8, 4) is 5.75 Å². The predicted octanol–water partition coefficient (Wildman–Crippen LogP) is 4.14. The Hall–Kier alpha value is -1.02. The maximum atomic E-state index is 5.86. The number of benzene rings is 1. The molecule has 1 aliphatic carbocycles. The zero-order valence-electron chi connectivity index (χ0n) is 12.7. The molecule has 2 heteroatoms. The van der Waals surface area contributed by atoms with Gasteiger partial charge in [0.05, 0.1) is 6.10 Å². The maximum Gasteiger partial charge on any atom is 0.124 e. The minimum Gasteiger partial charge on any atom is -0.491 e. The van der Waals surface area contributed by atoms with Gasteiger partial charge in [-0.2, -0.15) is 0 Å². The van der Waals surface area contributed by atoms with Crippen LogP contribution in [0.4, 0.5) is 0 Å². The lowest BCUT2D eigenvalue weighted by Crippen LogP contribution is -2.27. The van der Waals surface area contributed by atoms with Crippen molar-refractivity contribution in [3.63, 3.8) is 0 Å². The minimum atomic E-state index is 0.228. The van der Waals surface area contributed by atoms with Gasteiger partial charge in [0.2, 0.25) is 0 Å². The molecule has 2 rings (SSSR count). The highest BCUT2D eigenvalue weighted by atomic mass is 16.5. The van der Waals surface area contributed by atoms with Crippen molar-refractivity contribution in [1.82, 2.24) is 5.32 Å². The van der Waals surface area contributed by atoms with Crippen LogP contribution < -0.4 is 10.1 Å². The van der Waals surface area contributed by atoms with Crippen LogP contribution in [0, 0.1) is 5.41 Å². The lowest BCUT2D eigenvalue weighted by atomic mass is 9.92. The topological polar surface area (TPSA) is 21.3 Å². The normalized spacial score (nSPS) is 21.8. The first-order valence-corrected chi connectivity index (χ1v) is 7.44. The van der Waals surface area contributed by atoms with Crippen molar-refractivity contribution in [2.24, 2.45) is 5.41 Å². The van der Waals surface area contributed by atoms with Gasteiger partial charge in [-0.05, 0) is 44.6 Å². The van der Waals surface area contributed by atoms with E-state index >= 15 is 0 Å². The molecule has 1 aromatic rings. The average Bonchev–Trinajstić information content (AvgIpc) is 2.67. The van der Waals surface area contributed by atoms with Crippen LogP contribution in [0.5, 0.6) is 5.75 Å². The van der Waals surface area contributed by atoms with E-state index < -0.39 is 0 Å². The van der Waals surface area contributed by atoms with Crippen LogP contribution in [-0.4, -0.2) is 12.1 Å². The van der Waals surface area contributed by atoms with Crippen molar-refractivity contribution in [1.29, 1.82) is 0 Å². The summed E-state index contributed by atoms with van der Waals surface area (Å²) in [5.74, 6) is 1.02. The van der Waals surface area contributed by atoms with Gasteiger partial charge in [0.15, 0.2) is 0 Å². The fourth-order valence-electron chi connectivity index (χ4n) is 2.88. The highest BCUT2D eigenvalue weighted by molar-refractivity contribution is 5.33. The third-order valence-electron chi connectivity index (χ3n) is 3.89. The number of ether oxygens (including phenoxy) is 1. The molecule has 1 N–H and O–H groups in total. The van der Waals surface area contributed by atoms with Crippen LogP contribution in [-0.2, 0) is 6.54 Å². The van der Waals surface area contributed by atoms with E-state index in [2.05, 4.69) is 51.2 Å². The Morgan fingerprint density at radius 1 is 1.32 bits per heavy atom. The lowest BCUT2D eigenvalue weighted by Gasteiger charge is -2.19. The third-order valence-corrected chi connectivity index (χ3v) is 3.89. The Morgan fingerprint density at radius 2 is 2.05 bits per heavy atom. The summed E-state index contributed by atoms with van der Waals surface area (Å²) in [6, 6.07) is 9.01. The van der Waals surface area contributed by atoms with Gasteiger partial charge >= 0.3 is 0 Å². The summed E-state index contributed by atoms with van der Waals surface area (Å²) >= 11 is 0. The van der Waals surface area contributed by atoms with Gasteiger partial charge in [-0.15, -0.1) is 0 Å². The van der Waals surface area contributed by atoms with Gasteiger partial charge in [0.1, 0.15) is 5.75 Å². The molecule has 0 radical (unpaired) electrons. The molecule has 0 aliphatic heterocycles. The predicted molar refractivity (Wildman–Crippen MR) is 80.5 cm³/mol. The molecule has 1 aliphatic rings. The van der Waals surface area contributed by atoms with Crippen LogP contribution in [0.15, 0.2) is 24.3 Å². The molecule has 0 bridgehead atoms. The second-order valence-electron chi connectivity index (χ2n) is 6.76. The summed E-state index contributed by atoms with van der Waals surface area (Å²) in [7, 11) is 0. The van der Waals surface area contributed by atoms with E-state index in [0.29, 0.717) is 11.5 Å². The summed E-state index contributed by atoms with van der Waals surface area (Å²) in [6.45, 7) is 9.78. The lowest BCUT2D eigenvalue weighted by molar-refractivity contribution is 0.239. The van der Waals surface area contributed by atoms with Crippen LogP contribution in [0.25, 0.3) is 0 Å². The molecule has 0 spiro atoms. The molecule has 1 unspecified atom stereocenters. The van der Waals surface area contributed by atoms with Gasteiger partial charge in [-0.25, -0.2) is 0 Å². The first-order valence-electron chi connectivity index (χ1n) is 7.44. The van der Waals surface area contributed by atoms with Crippen molar-refractivity contribution >= 4 is 0 Å². The summed E-state index contributed by atoms with van der Waals surface area (Å²) in [6.07, 6.45) is 4.13. The molecule has 1 fully saturated rings. The van der Waals surface area contributed by atoms with Crippen LogP contribution in [0.1, 0.15) is 52.5 Å². The fraction of sp³-hybridized carbons (Fsp3) is 0.647. The molecule has 106 valence electrons. The Bertz CT molecular complexity index is 411. The highest BCUT2D eigenvalue weighted by Gasteiger charge is 2.30. The smallest absolute Gasteiger partial charge is 0.124 e. The number of rotatable bonds is 5. The Labute approximate surface area is 117 Å². The zero-order valence-corrected chi connectivity index (χ0v) is 12.7. The second kappa shape index (κ2) is 5.96. The van der Waals surface area contributed by atoms with Gasteiger partial charge in [-0.3, -0.25) is 0 Å². The molecule has 19 heavy (non-hydrogen) atoms. The molecule has 1 aromatic carbocycles. The van der Waals surface area contributed by atoms with E-state index in [9.17, 15) is 0 Å². The van der Waals surface area contributed by atoms with Crippen LogP contribution in [0.2, 0.25) is 0 Å². The van der Waals surface area contributed by atoms with Crippen LogP contribution in [0.3, 0.4) is 0 Å². The number of hydrogen-bond donors (Lipinski definition) is 1. The zero-order chi connectivity index (χ0) is 13.9. The molecule has 0 amide bonds. The van der Waals surface area contributed by atoms with Crippen molar-refractivity contribution < 1.29 is 4.74 Å². The van der Waals surface area contributed by atoms with Gasteiger partial charge in [-0.1, -0.05) is 32.0 Å². The Kier molecular flexibility index (Phi) is 4.51. The van der Waals surface area contributed by atoms with Crippen molar-refractivity contribution in [3.05, 3.63) is 29.8 Å². The monoisotopic (exact) mass is 261 g/mol. The number of hydrogen-bond acceptors (Lipinski definition) is 2. The van der Waals surface area contributed by atoms with E-state index in [4.69, 9.17) is 4.74 Å². The molecule has 1 saturated carbocycles. The van der Waals surface area contributed by atoms with E-state index in [-0.39, 0.29) is 6.10 Å². The Balaban J connectivity index is 1.92. The van der Waals surface area contributed by atoms with Gasteiger partial charge in [0.25, 0.3) is 0 Å². The molecule has 0 saturated heterocycles. The van der Waals surface area contributed by atoms with Gasteiger partial charge < -0.3 is 10.1 Å². The number of nitrogens with one attached hydrogen (secondary N) is 1. The molecule has 2 nitrogen and oxygen atoms in total. The SMILES string of the molecule is CC(C)Oc1ccccc1CNC1CCC(C)(C)C1. The first kappa shape index (κ1) is 14.4. The molecule has 0 aromatic heterocycles. The minimum absolute atomic E-state index is 0.228. The quantitative estimate of drug-likeness (QED) is 0.860. The second-order valence-corrected chi connectivity index (χ2v) is 6.76. The molecule has 0 heterocycles. The number of para-hydroxylation sites is 1. The van der Waals surface area contributed by atoms with E-state index in [1.165, 1.54) is 24.8 Å². The van der Waals surface area contributed by atoms with E-state index in [0.717, 1.165) is 12.3 Å². The van der Waals surface area contributed by atoms with Crippen molar-refractivity contribution in [2.45, 2.75) is 65.6 Å². The standard InChI is InChI=1S/C17H27NO/c1-13(2)19-16-8-6-5-7-14(16)12-18-15-9-10-17(3,4)11-15/h5-8,13,15,18H,9-12H2,1-4H3. The molecular formula is C17H27NO. The summed E-state index contributed by atoms with van der Waals surface area (Å²) in [5.41, 5.74) is 1.77. The van der Waals surface area contributed by atoms with E-state index in [1.807, 2.05) is 6.07 Å². The van der Waals surface area contributed by atoms with Crippen molar-refractivity contribution in [2.75, 3.05) is 0 Å². The van der Waals surface area contributed by atoms with Gasteiger partial charge in [0, 0.05) is 18.2 Å². The highest BCUT2D eigenvalue weighted by Crippen LogP contribution is 2.37. The Morgan fingerprint density at radius 3 is 2.68 bits per heavy atom. The average molecular weight is 261 g/mol. The molecular weight excluding hydrogens is 234 g/mol. The van der Waals surface area contributed by atoms with E-state index in [1.54, 1.807) is 0 Å². The summed E-state index contributed by atoms with van der Waals surface area (Å²) in [5, 5.41) is 3.69. The molecule has 1 atom stereocenters. The first-order chi connectivity index (χ1) is 8.96. The summed E-state index contributed by atoms with van der Waals surface area (Å²) < 4.78 is 5.86. The fourth-order valence-corrected chi connectivity index (χ4v) is 2.88. The van der Waals surface area contributed by atoms with Crippen LogP contribution >= 0.6 is 0 Å². The maximum absolute atomic E-state index is 5.86. The third kappa shape index (κ3) is 4.24. The summed E-state index contributed by atoms with van der Waals surface area (Å²) in [4.78, 5) is 0. The largest absolute Gasteiger partial charge is 0.491 e.